The third kappa shape index (κ3) is 6.56. The van der Waals surface area contributed by atoms with Crippen molar-refractivity contribution in [3.8, 4) is 5.75 Å². The zero-order valence-electron chi connectivity index (χ0n) is 16.8. The van der Waals surface area contributed by atoms with Crippen molar-refractivity contribution < 1.29 is 19.1 Å². The maximum absolute atomic E-state index is 12.1. The predicted molar refractivity (Wildman–Crippen MR) is 117 cm³/mol. The molecule has 2 aromatic carbocycles. The van der Waals surface area contributed by atoms with Crippen LogP contribution in [0.25, 0.3) is 6.08 Å². The summed E-state index contributed by atoms with van der Waals surface area (Å²) < 4.78 is 10.4. The summed E-state index contributed by atoms with van der Waals surface area (Å²) in [5.74, 6) is 0.0936. The van der Waals surface area contributed by atoms with Crippen molar-refractivity contribution in [1.29, 1.82) is 0 Å². The molecule has 6 nitrogen and oxygen atoms in total. The van der Waals surface area contributed by atoms with Gasteiger partial charge in [-0.15, -0.1) is 11.3 Å². The maximum Gasteiger partial charge on any atom is 0.311 e. The summed E-state index contributed by atoms with van der Waals surface area (Å²) in [7, 11) is 1.32. The van der Waals surface area contributed by atoms with E-state index in [2.05, 4.69) is 34.1 Å². The fourth-order valence-corrected chi connectivity index (χ4v) is 3.22. The van der Waals surface area contributed by atoms with Crippen LogP contribution in [0.15, 0.2) is 60.0 Å². The van der Waals surface area contributed by atoms with Crippen molar-refractivity contribution in [3.63, 3.8) is 0 Å². The highest BCUT2D eigenvalue weighted by molar-refractivity contribution is 7.14. The summed E-state index contributed by atoms with van der Waals surface area (Å²) >= 11 is 1.26. The number of hydrogen-bond donors (Lipinski definition) is 1. The van der Waals surface area contributed by atoms with E-state index < -0.39 is 0 Å². The smallest absolute Gasteiger partial charge is 0.311 e. The van der Waals surface area contributed by atoms with E-state index in [1.165, 1.54) is 30.1 Å². The molecule has 0 aliphatic heterocycles. The fraction of sp³-hybridized carbons (Fsp3) is 0.174. The van der Waals surface area contributed by atoms with Gasteiger partial charge in [0, 0.05) is 11.5 Å². The number of thiazole rings is 1. The molecule has 0 bridgehead atoms. The highest BCUT2D eigenvalue weighted by Gasteiger charge is 2.08. The molecule has 1 heterocycles. The lowest BCUT2D eigenvalue weighted by atomic mass is 10.1. The molecule has 3 aromatic rings. The monoisotopic (exact) mass is 422 g/mol. The number of rotatable bonds is 8. The van der Waals surface area contributed by atoms with Gasteiger partial charge in [0.15, 0.2) is 5.13 Å². The molecule has 0 unspecified atom stereocenters. The SMILES string of the molecule is COC(=O)Cc1csc(NC(=O)/C=C/c2ccc(OCc3ccc(C)cc3)cc2)n1. The first-order valence-corrected chi connectivity index (χ1v) is 10.2. The summed E-state index contributed by atoms with van der Waals surface area (Å²) in [4.78, 5) is 27.5. The minimum atomic E-state index is -0.371. The Morgan fingerprint density at radius 3 is 2.53 bits per heavy atom. The Balaban J connectivity index is 1.49. The highest BCUT2D eigenvalue weighted by atomic mass is 32.1. The zero-order valence-corrected chi connectivity index (χ0v) is 17.6. The Hall–Kier alpha value is -3.45. The molecule has 0 aliphatic rings. The number of esters is 1. The van der Waals surface area contributed by atoms with Gasteiger partial charge in [-0.05, 0) is 36.3 Å². The Kier molecular flexibility index (Phi) is 7.34. The minimum absolute atomic E-state index is 0.0804. The first kappa shape index (κ1) is 21.3. The quantitative estimate of drug-likeness (QED) is 0.430. The molecule has 1 aromatic heterocycles. The number of aryl methyl sites for hydroxylation is 1. The van der Waals surface area contributed by atoms with Gasteiger partial charge >= 0.3 is 5.97 Å². The molecule has 0 fully saturated rings. The van der Waals surface area contributed by atoms with Gasteiger partial charge in [-0.1, -0.05) is 42.0 Å². The van der Waals surface area contributed by atoms with Crippen LogP contribution in [0.4, 0.5) is 5.13 Å². The fourth-order valence-electron chi connectivity index (χ4n) is 2.51. The maximum atomic E-state index is 12.1. The molecule has 154 valence electrons. The van der Waals surface area contributed by atoms with E-state index in [9.17, 15) is 9.59 Å². The first-order chi connectivity index (χ1) is 14.5. The Morgan fingerprint density at radius 1 is 1.10 bits per heavy atom. The highest BCUT2D eigenvalue weighted by Crippen LogP contribution is 2.17. The van der Waals surface area contributed by atoms with E-state index >= 15 is 0 Å². The number of nitrogens with zero attached hydrogens (tertiary/aromatic N) is 1. The number of carbonyl (C=O) groups excluding carboxylic acids is 2. The molecular formula is C23H22N2O4S. The Labute approximate surface area is 179 Å². The Bertz CT molecular complexity index is 1020. The minimum Gasteiger partial charge on any atom is -0.489 e. The number of carbonyl (C=O) groups is 2. The second-order valence-electron chi connectivity index (χ2n) is 6.56. The molecule has 0 atom stereocenters. The molecule has 30 heavy (non-hydrogen) atoms. The molecule has 0 spiro atoms. The average molecular weight is 423 g/mol. The van der Waals surface area contributed by atoms with Crippen LogP contribution in [0.1, 0.15) is 22.4 Å². The topological polar surface area (TPSA) is 77.5 Å². The van der Waals surface area contributed by atoms with Crippen LogP contribution in [-0.2, 0) is 27.4 Å². The molecule has 0 aliphatic carbocycles. The van der Waals surface area contributed by atoms with Crippen LogP contribution in [-0.4, -0.2) is 24.0 Å². The van der Waals surface area contributed by atoms with Gasteiger partial charge in [0.25, 0.3) is 0 Å². The number of hydrogen-bond acceptors (Lipinski definition) is 6. The predicted octanol–water partition coefficient (Wildman–Crippen LogP) is 4.40. The van der Waals surface area contributed by atoms with E-state index in [1.807, 2.05) is 36.4 Å². The van der Waals surface area contributed by atoms with Crippen molar-refractivity contribution in [3.05, 3.63) is 82.4 Å². The van der Waals surface area contributed by atoms with Gasteiger partial charge in [-0.25, -0.2) is 4.98 Å². The van der Waals surface area contributed by atoms with Crippen LogP contribution in [0.3, 0.4) is 0 Å². The van der Waals surface area contributed by atoms with Gasteiger partial charge in [0.1, 0.15) is 12.4 Å². The summed E-state index contributed by atoms with van der Waals surface area (Å²) in [6.45, 7) is 2.56. The second-order valence-corrected chi connectivity index (χ2v) is 7.42. The number of amides is 1. The summed E-state index contributed by atoms with van der Waals surface area (Å²) in [5, 5.41) is 4.83. The van der Waals surface area contributed by atoms with E-state index in [0.717, 1.165) is 16.9 Å². The van der Waals surface area contributed by atoms with Crippen LogP contribution in [0, 0.1) is 6.92 Å². The van der Waals surface area contributed by atoms with Crippen LogP contribution >= 0.6 is 11.3 Å². The van der Waals surface area contributed by atoms with Crippen molar-refractivity contribution >= 4 is 34.4 Å². The Morgan fingerprint density at radius 2 is 1.83 bits per heavy atom. The van der Waals surface area contributed by atoms with Crippen molar-refractivity contribution in [2.45, 2.75) is 20.0 Å². The normalized spacial score (nSPS) is 10.7. The molecule has 0 radical (unpaired) electrons. The van der Waals surface area contributed by atoms with Crippen molar-refractivity contribution in [1.82, 2.24) is 4.98 Å². The van der Waals surface area contributed by atoms with Crippen molar-refractivity contribution in [2.75, 3.05) is 12.4 Å². The number of benzene rings is 2. The van der Waals surface area contributed by atoms with E-state index in [0.29, 0.717) is 17.4 Å². The van der Waals surface area contributed by atoms with Crippen LogP contribution < -0.4 is 10.1 Å². The zero-order chi connectivity index (χ0) is 21.3. The van der Waals surface area contributed by atoms with Gasteiger partial charge in [0.2, 0.25) is 5.91 Å². The molecular weight excluding hydrogens is 400 g/mol. The molecule has 7 heteroatoms. The number of aromatic nitrogens is 1. The third-order valence-corrected chi connectivity index (χ3v) is 4.97. The summed E-state index contributed by atoms with van der Waals surface area (Å²) in [6, 6.07) is 15.7. The number of nitrogens with one attached hydrogen (secondary N) is 1. The third-order valence-electron chi connectivity index (χ3n) is 4.17. The number of ether oxygens (including phenoxy) is 2. The first-order valence-electron chi connectivity index (χ1n) is 9.30. The molecule has 0 saturated carbocycles. The molecule has 3 rings (SSSR count). The van der Waals surface area contributed by atoms with E-state index in [-0.39, 0.29) is 18.3 Å². The van der Waals surface area contributed by atoms with E-state index in [1.54, 1.807) is 11.5 Å². The lowest BCUT2D eigenvalue weighted by molar-refractivity contribution is -0.139. The average Bonchev–Trinajstić information content (AvgIpc) is 3.19. The van der Waals surface area contributed by atoms with Crippen molar-refractivity contribution in [2.24, 2.45) is 0 Å². The second kappa shape index (κ2) is 10.4. The summed E-state index contributed by atoms with van der Waals surface area (Å²) in [5.41, 5.74) is 3.76. The molecule has 1 N–H and O–H groups in total. The molecule has 0 saturated heterocycles. The summed E-state index contributed by atoms with van der Waals surface area (Å²) in [6.07, 6.45) is 3.22. The van der Waals surface area contributed by atoms with Crippen LogP contribution in [0.5, 0.6) is 5.75 Å². The standard InChI is InChI=1S/C23H22N2O4S/c1-16-3-5-18(6-4-16)14-29-20-10-7-17(8-11-20)9-12-21(26)25-23-24-19(15-30-23)13-22(27)28-2/h3-12,15H,13-14H2,1-2H3,(H,24,25,26)/b12-9+. The van der Waals surface area contributed by atoms with Crippen LogP contribution in [0.2, 0.25) is 0 Å². The van der Waals surface area contributed by atoms with Gasteiger partial charge in [-0.3, -0.25) is 14.9 Å². The van der Waals surface area contributed by atoms with Gasteiger partial charge in [-0.2, -0.15) is 0 Å². The van der Waals surface area contributed by atoms with E-state index in [4.69, 9.17) is 4.74 Å². The lowest BCUT2D eigenvalue weighted by Crippen LogP contribution is -2.08. The molecule has 1 amide bonds. The van der Waals surface area contributed by atoms with Gasteiger partial charge in [0.05, 0.1) is 19.2 Å². The lowest BCUT2D eigenvalue weighted by Gasteiger charge is -2.07. The largest absolute Gasteiger partial charge is 0.489 e. The van der Waals surface area contributed by atoms with Gasteiger partial charge < -0.3 is 9.47 Å². The number of anilines is 1. The number of methoxy groups -OCH3 is 1.